The molecule has 0 aliphatic carbocycles. The molecule has 2 saturated heterocycles. The average Bonchev–Trinajstić information content (AvgIpc) is 2.74. The van der Waals surface area contributed by atoms with Gasteiger partial charge in [0.05, 0.1) is 13.2 Å². The zero-order valence-corrected chi connectivity index (χ0v) is 17.6. The van der Waals surface area contributed by atoms with Crippen molar-refractivity contribution < 1.29 is 9.53 Å². The Bertz CT molecular complexity index is 583. The first kappa shape index (κ1) is 21.3. The molecule has 0 radical (unpaired) electrons. The molecule has 0 aromatic heterocycles. The predicted molar refractivity (Wildman–Crippen MR) is 113 cm³/mol. The number of carbonyl (C=O) groups is 1. The maximum absolute atomic E-state index is 13.3. The van der Waals surface area contributed by atoms with Crippen molar-refractivity contribution in [2.75, 3.05) is 45.9 Å². The van der Waals surface area contributed by atoms with Crippen LogP contribution < -0.4 is 5.32 Å². The van der Waals surface area contributed by atoms with Gasteiger partial charge in [0.1, 0.15) is 0 Å². The van der Waals surface area contributed by atoms with Crippen molar-refractivity contribution in [1.29, 1.82) is 0 Å². The van der Waals surface area contributed by atoms with E-state index in [1.165, 1.54) is 18.4 Å². The van der Waals surface area contributed by atoms with Gasteiger partial charge in [0.2, 0.25) is 5.91 Å². The van der Waals surface area contributed by atoms with E-state index in [1.807, 2.05) is 6.07 Å². The van der Waals surface area contributed by atoms with E-state index in [2.05, 4.69) is 53.2 Å². The highest BCUT2D eigenvalue weighted by molar-refractivity contribution is 5.76. The largest absolute Gasteiger partial charge is 0.379 e. The van der Waals surface area contributed by atoms with Crippen LogP contribution in [0.15, 0.2) is 30.3 Å². The Morgan fingerprint density at radius 1 is 1.25 bits per heavy atom. The van der Waals surface area contributed by atoms with Gasteiger partial charge >= 0.3 is 0 Å². The van der Waals surface area contributed by atoms with Crippen molar-refractivity contribution in [1.82, 2.24) is 15.1 Å². The second-order valence-corrected chi connectivity index (χ2v) is 8.56. The first-order chi connectivity index (χ1) is 13.6. The maximum Gasteiger partial charge on any atom is 0.223 e. The maximum atomic E-state index is 13.3. The lowest BCUT2D eigenvalue weighted by atomic mass is 9.85. The number of rotatable bonds is 8. The van der Waals surface area contributed by atoms with E-state index in [9.17, 15) is 4.79 Å². The highest BCUT2D eigenvalue weighted by Crippen LogP contribution is 2.24. The zero-order chi connectivity index (χ0) is 19.8. The quantitative estimate of drug-likeness (QED) is 0.745. The number of hydrogen-bond donors (Lipinski definition) is 1. The first-order valence-electron chi connectivity index (χ1n) is 11.0. The second kappa shape index (κ2) is 10.9. The Kier molecular flexibility index (Phi) is 8.31. The third-order valence-corrected chi connectivity index (χ3v) is 6.31. The monoisotopic (exact) mass is 387 g/mol. The minimum Gasteiger partial charge on any atom is -0.379 e. The van der Waals surface area contributed by atoms with Crippen LogP contribution in [-0.2, 0) is 16.1 Å². The molecule has 156 valence electrons. The summed E-state index contributed by atoms with van der Waals surface area (Å²) in [5.74, 6) is 1.34. The zero-order valence-electron chi connectivity index (χ0n) is 17.6. The van der Waals surface area contributed by atoms with E-state index in [0.717, 1.165) is 45.9 Å². The number of carbonyl (C=O) groups excluding carboxylic acids is 1. The summed E-state index contributed by atoms with van der Waals surface area (Å²) in [6.07, 6.45) is 3.11. The molecule has 1 aromatic rings. The van der Waals surface area contributed by atoms with Crippen LogP contribution in [0.2, 0.25) is 0 Å². The summed E-state index contributed by atoms with van der Waals surface area (Å²) in [6, 6.07) is 10.6. The lowest BCUT2D eigenvalue weighted by molar-refractivity contribution is -0.136. The number of nitrogens with one attached hydrogen (secondary N) is 1. The molecule has 2 fully saturated rings. The molecule has 5 heteroatoms. The molecule has 3 rings (SSSR count). The van der Waals surface area contributed by atoms with Crippen LogP contribution in [0.5, 0.6) is 0 Å². The smallest absolute Gasteiger partial charge is 0.223 e. The number of amides is 1. The topological polar surface area (TPSA) is 44.8 Å². The van der Waals surface area contributed by atoms with Gasteiger partial charge in [-0.25, -0.2) is 0 Å². The molecule has 1 amide bonds. The highest BCUT2D eigenvalue weighted by Gasteiger charge is 2.27. The summed E-state index contributed by atoms with van der Waals surface area (Å²) in [5, 5.41) is 3.49. The molecule has 3 atom stereocenters. The Morgan fingerprint density at radius 2 is 2.00 bits per heavy atom. The molecular formula is C23H37N3O2. The van der Waals surface area contributed by atoms with Crippen molar-refractivity contribution in [3.8, 4) is 0 Å². The van der Waals surface area contributed by atoms with Gasteiger partial charge in [0.25, 0.3) is 0 Å². The predicted octanol–water partition coefficient (Wildman–Crippen LogP) is 2.76. The van der Waals surface area contributed by atoms with E-state index >= 15 is 0 Å². The van der Waals surface area contributed by atoms with Crippen molar-refractivity contribution in [3.05, 3.63) is 35.9 Å². The van der Waals surface area contributed by atoms with Gasteiger partial charge in [-0.3, -0.25) is 9.69 Å². The Balaban J connectivity index is 1.64. The number of benzene rings is 1. The standard InChI is InChI=1S/C23H37N3O2/c1-19(22-9-6-10-24-16-22)15-23(27)26(18-21-7-4-3-5-8-21)20(2)17-25-11-13-28-14-12-25/h3-5,7-8,19-20,22,24H,6,9-18H2,1-2H3. The van der Waals surface area contributed by atoms with Crippen LogP contribution >= 0.6 is 0 Å². The van der Waals surface area contributed by atoms with E-state index in [4.69, 9.17) is 4.74 Å². The van der Waals surface area contributed by atoms with Crippen molar-refractivity contribution in [3.63, 3.8) is 0 Å². The molecule has 3 unspecified atom stereocenters. The lowest BCUT2D eigenvalue weighted by Gasteiger charge is -2.36. The Morgan fingerprint density at radius 3 is 2.68 bits per heavy atom. The first-order valence-corrected chi connectivity index (χ1v) is 11.0. The highest BCUT2D eigenvalue weighted by atomic mass is 16.5. The van der Waals surface area contributed by atoms with Crippen molar-refractivity contribution in [2.45, 2.75) is 45.7 Å². The van der Waals surface area contributed by atoms with E-state index in [-0.39, 0.29) is 6.04 Å². The minimum atomic E-state index is 0.197. The summed E-state index contributed by atoms with van der Waals surface area (Å²) in [6.45, 7) is 11.7. The van der Waals surface area contributed by atoms with E-state index in [0.29, 0.717) is 30.7 Å². The Labute approximate surface area is 170 Å². The van der Waals surface area contributed by atoms with Gasteiger partial charge in [-0.2, -0.15) is 0 Å². The number of piperidine rings is 1. The Hall–Kier alpha value is -1.43. The third-order valence-electron chi connectivity index (χ3n) is 6.31. The molecule has 0 spiro atoms. The van der Waals surface area contributed by atoms with Crippen molar-refractivity contribution in [2.24, 2.45) is 11.8 Å². The molecule has 28 heavy (non-hydrogen) atoms. The normalized spacial score (nSPS) is 23.1. The number of ether oxygens (including phenoxy) is 1. The van der Waals surface area contributed by atoms with Gasteiger partial charge < -0.3 is 15.0 Å². The molecular weight excluding hydrogens is 350 g/mol. The minimum absolute atomic E-state index is 0.197. The fraction of sp³-hybridized carbons (Fsp3) is 0.696. The SMILES string of the molecule is CC(CC(=O)N(Cc1ccccc1)C(C)CN1CCOCC1)C1CCCNC1. The molecule has 2 aliphatic heterocycles. The van der Waals surface area contributed by atoms with Crippen LogP contribution in [0, 0.1) is 11.8 Å². The van der Waals surface area contributed by atoms with Crippen LogP contribution in [-0.4, -0.2) is 67.7 Å². The van der Waals surface area contributed by atoms with Gasteiger partial charge in [0.15, 0.2) is 0 Å². The summed E-state index contributed by atoms with van der Waals surface area (Å²) in [7, 11) is 0. The third kappa shape index (κ3) is 6.29. The molecule has 2 heterocycles. The van der Waals surface area contributed by atoms with Crippen LogP contribution in [0.3, 0.4) is 0 Å². The molecule has 0 saturated carbocycles. The van der Waals surface area contributed by atoms with Crippen LogP contribution in [0.1, 0.15) is 38.7 Å². The molecule has 0 bridgehead atoms. The average molecular weight is 388 g/mol. The van der Waals surface area contributed by atoms with Gasteiger partial charge in [-0.05, 0) is 50.3 Å². The van der Waals surface area contributed by atoms with Crippen LogP contribution in [0.4, 0.5) is 0 Å². The van der Waals surface area contributed by atoms with Gasteiger partial charge in [-0.1, -0.05) is 37.3 Å². The van der Waals surface area contributed by atoms with E-state index < -0.39 is 0 Å². The van der Waals surface area contributed by atoms with Gasteiger partial charge in [0, 0.05) is 38.6 Å². The molecule has 5 nitrogen and oxygen atoms in total. The summed E-state index contributed by atoms with van der Waals surface area (Å²) in [5.41, 5.74) is 1.21. The van der Waals surface area contributed by atoms with E-state index in [1.54, 1.807) is 0 Å². The number of nitrogens with zero attached hydrogens (tertiary/aromatic N) is 2. The van der Waals surface area contributed by atoms with Gasteiger partial charge in [-0.15, -0.1) is 0 Å². The second-order valence-electron chi connectivity index (χ2n) is 8.56. The molecule has 2 aliphatic rings. The summed E-state index contributed by atoms with van der Waals surface area (Å²) >= 11 is 0. The van der Waals surface area contributed by atoms with Crippen LogP contribution in [0.25, 0.3) is 0 Å². The summed E-state index contributed by atoms with van der Waals surface area (Å²) in [4.78, 5) is 17.9. The number of morpholine rings is 1. The summed E-state index contributed by atoms with van der Waals surface area (Å²) < 4.78 is 5.48. The lowest BCUT2D eigenvalue weighted by Crippen LogP contribution is -2.48. The number of hydrogen-bond acceptors (Lipinski definition) is 4. The van der Waals surface area contributed by atoms with Crippen molar-refractivity contribution >= 4 is 5.91 Å². The molecule has 1 aromatic carbocycles. The molecule has 1 N–H and O–H groups in total. The fourth-order valence-corrected chi connectivity index (χ4v) is 4.45. The fourth-order valence-electron chi connectivity index (χ4n) is 4.45.